The summed E-state index contributed by atoms with van der Waals surface area (Å²) < 4.78 is 24.4. The lowest BCUT2D eigenvalue weighted by molar-refractivity contribution is 0.350. The van der Waals surface area contributed by atoms with Crippen molar-refractivity contribution in [3.05, 3.63) is 30.1 Å². The summed E-state index contributed by atoms with van der Waals surface area (Å²) >= 11 is 0. The molecule has 5 heteroatoms. The van der Waals surface area contributed by atoms with Crippen molar-refractivity contribution in [3.8, 4) is 0 Å². The molecular formula is C10H16N2O2S. The average Bonchev–Trinajstić information content (AvgIpc) is 2.13. The Balaban J connectivity index is 2.87. The van der Waals surface area contributed by atoms with Crippen molar-refractivity contribution < 1.29 is 8.42 Å². The topological polar surface area (TPSA) is 50.3 Å². The molecule has 0 aliphatic carbocycles. The standard InChI is InChI=1S/C10H16N2O2S/c1-9(2)12(15(3,13)14)8-10-5-4-6-11-7-10/h4-7,9H,8H2,1-3H3. The predicted octanol–water partition coefficient (Wildman–Crippen LogP) is 1.25. The number of aromatic nitrogens is 1. The summed E-state index contributed by atoms with van der Waals surface area (Å²) in [5.41, 5.74) is 0.900. The molecule has 0 aliphatic heterocycles. The van der Waals surface area contributed by atoms with Crippen LogP contribution in [0.1, 0.15) is 19.4 Å². The maximum absolute atomic E-state index is 11.5. The van der Waals surface area contributed by atoms with Gasteiger partial charge in [0.25, 0.3) is 0 Å². The molecule has 0 amide bonds. The van der Waals surface area contributed by atoms with Crippen LogP contribution in [0.2, 0.25) is 0 Å². The third-order valence-electron chi connectivity index (χ3n) is 2.06. The maximum atomic E-state index is 11.5. The first-order valence-corrected chi connectivity index (χ1v) is 6.62. The van der Waals surface area contributed by atoms with Crippen LogP contribution in [-0.4, -0.2) is 30.0 Å². The highest BCUT2D eigenvalue weighted by Gasteiger charge is 2.19. The van der Waals surface area contributed by atoms with Gasteiger partial charge in [-0.25, -0.2) is 8.42 Å². The molecule has 1 aromatic rings. The predicted molar refractivity (Wildman–Crippen MR) is 59.8 cm³/mol. The van der Waals surface area contributed by atoms with E-state index in [9.17, 15) is 8.42 Å². The largest absolute Gasteiger partial charge is 0.264 e. The number of pyridine rings is 1. The van der Waals surface area contributed by atoms with Crippen molar-refractivity contribution >= 4 is 10.0 Å². The molecule has 0 unspecified atom stereocenters. The van der Waals surface area contributed by atoms with E-state index < -0.39 is 10.0 Å². The Hall–Kier alpha value is -0.940. The third kappa shape index (κ3) is 3.60. The molecule has 0 radical (unpaired) electrons. The number of hydrogen-bond acceptors (Lipinski definition) is 3. The minimum Gasteiger partial charge on any atom is -0.264 e. The van der Waals surface area contributed by atoms with Crippen molar-refractivity contribution in [1.29, 1.82) is 0 Å². The highest BCUT2D eigenvalue weighted by molar-refractivity contribution is 7.88. The molecular weight excluding hydrogens is 212 g/mol. The number of nitrogens with zero attached hydrogens (tertiary/aromatic N) is 2. The van der Waals surface area contributed by atoms with Gasteiger partial charge in [-0.1, -0.05) is 6.07 Å². The van der Waals surface area contributed by atoms with Gasteiger partial charge in [0, 0.05) is 25.0 Å². The Labute approximate surface area is 91.0 Å². The van der Waals surface area contributed by atoms with E-state index in [0.29, 0.717) is 6.54 Å². The molecule has 0 fully saturated rings. The van der Waals surface area contributed by atoms with Crippen LogP contribution >= 0.6 is 0 Å². The molecule has 4 nitrogen and oxygen atoms in total. The summed E-state index contributed by atoms with van der Waals surface area (Å²) in [5, 5.41) is 0. The monoisotopic (exact) mass is 228 g/mol. The lowest BCUT2D eigenvalue weighted by Crippen LogP contribution is -2.35. The average molecular weight is 228 g/mol. The minimum atomic E-state index is -3.16. The summed E-state index contributed by atoms with van der Waals surface area (Å²) in [7, 11) is -3.16. The van der Waals surface area contributed by atoms with Crippen LogP contribution in [0.3, 0.4) is 0 Å². The highest BCUT2D eigenvalue weighted by atomic mass is 32.2. The first-order chi connectivity index (χ1) is 6.91. The van der Waals surface area contributed by atoms with Crippen molar-refractivity contribution in [2.75, 3.05) is 6.26 Å². The summed E-state index contributed by atoms with van der Waals surface area (Å²) in [4.78, 5) is 3.96. The fourth-order valence-corrected chi connectivity index (χ4v) is 2.50. The Morgan fingerprint density at radius 1 is 1.47 bits per heavy atom. The Kier molecular flexibility index (Phi) is 3.82. The second-order valence-corrected chi connectivity index (χ2v) is 5.70. The molecule has 1 rings (SSSR count). The third-order valence-corrected chi connectivity index (χ3v) is 3.47. The first-order valence-electron chi connectivity index (χ1n) is 4.77. The minimum absolute atomic E-state index is 0.0415. The van der Waals surface area contributed by atoms with Gasteiger partial charge >= 0.3 is 0 Å². The normalized spacial score (nSPS) is 12.3. The van der Waals surface area contributed by atoms with Crippen molar-refractivity contribution in [1.82, 2.24) is 9.29 Å². The van der Waals surface area contributed by atoms with Gasteiger partial charge in [-0.15, -0.1) is 0 Å². The molecule has 1 heterocycles. The van der Waals surface area contributed by atoms with E-state index in [2.05, 4.69) is 4.98 Å². The second kappa shape index (κ2) is 4.72. The lowest BCUT2D eigenvalue weighted by Gasteiger charge is -2.23. The Morgan fingerprint density at radius 3 is 2.53 bits per heavy atom. The van der Waals surface area contributed by atoms with Gasteiger partial charge in [0.05, 0.1) is 6.26 Å². The second-order valence-electron chi connectivity index (χ2n) is 3.76. The van der Waals surface area contributed by atoms with E-state index in [1.807, 2.05) is 19.9 Å². The van der Waals surface area contributed by atoms with Gasteiger partial charge in [0.2, 0.25) is 10.0 Å². The van der Waals surface area contributed by atoms with Crippen LogP contribution in [0, 0.1) is 0 Å². The number of rotatable bonds is 4. The first kappa shape index (κ1) is 12.1. The smallest absolute Gasteiger partial charge is 0.211 e. The van der Waals surface area contributed by atoms with Crippen LogP contribution in [0.5, 0.6) is 0 Å². The Morgan fingerprint density at radius 2 is 2.13 bits per heavy atom. The van der Waals surface area contributed by atoms with Gasteiger partial charge in [0.1, 0.15) is 0 Å². The molecule has 0 aromatic carbocycles. The van der Waals surface area contributed by atoms with Crippen LogP contribution in [0.15, 0.2) is 24.5 Å². The van der Waals surface area contributed by atoms with Crippen LogP contribution in [0.25, 0.3) is 0 Å². The quantitative estimate of drug-likeness (QED) is 0.779. The van der Waals surface area contributed by atoms with Crippen LogP contribution < -0.4 is 0 Å². The fourth-order valence-electron chi connectivity index (χ4n) is 1.35. The zero-order valence-corrected chi connectivity index (χ0v) is 10.0. The highest BCUT2D eigenvalue weighted by Crippen LogP contribution is 2.10. The van der Waals surface area contributed by atoms with E-state index in [-0.39, 0.29) is 6.04 Å². The molecule has 1 aromatic heterocycles. The zero-order valence-electron chi connectivity index (χ0n) is 9.21. The Bertz CT molecular complexity index is 401. The molecule has 0 spiro atoms. The SMILES string of the molecule is CC(C)N(Cc1cccnc1)S(C)(=O)=O. The van der Waals surface area contributed by atoms with Crippen LogP contribution in [0.4, 0.5) is 0 Å². The van der Waals surface area contributed by atoms with Crippen molar-refractivity contribution in [2.45, 2.75) is 26.4 Å². The summed E-state index contributed by atoms with van der Waals surface area (Å²) in [6, 6.07) is 3.63. The molecule has 0 bridgehead atoms. The van der Waals surface area contributed by atoms with Gasteiger partial charge in [0.15, 0.2) is 0 Å². The summed E-state index contributed by atoms with van der Waals surface area (Å²) in [6.45, 7) is 4.10. The summed E-state index contributed by atoms with van der Waals surface area (Å²) in [6.07, 6.45) is 4.58. The summed E-state index contributed by atoms with van der Waals surface area (Å²) in [5.74, 6) is 0. The van der Waals surface area contributed by atoms with E-state index in [4.69, 9.17) is 0 Å². The number of sulfonamides is 1. The fraction of sp³-hybridized carbons (Fsp3) is 0.500. The molecule has 0 atom stereocenters. The van der Waals surface area contributed by atoms with E-state index in [0.717, 1.165) is 5.56 Å². The van der Waals surface area contributed by atoms with Crippen molar-refractivity contribution in [3.63, 3.8) is 0 Å². The van der Waals surface area contributed by atoms with Gasteiger partial charge in [-0.2, -0.15) is 4.31 Å². The molecule has 0 aliphatic rings. The van der Waals surface area contributed by atoms with Crippen molar-refractivity contribution in [2.24, 2.45) is 0 Å². The zero-order chi connectivity index (χ0) is 11.5. The van der Waals surface area contributed by atoms with Gasteiger partial charge < -0.3 is 0 Å². The maximum Gasteiger partial charge on any atom is 0.211 e. The van der Waals surface area contributed by atoms with E-state index >= 15 is 0 Å². The van der Waals surface area contributed by atoms with Gasteiger partial charge in [-0.05, 0) is 25.5 Å². The molecule has 15 heavy (non-hydrogen) atoms. The van der Waals surface area contributed by atoms with E-state index in [1.54, 1.807) is 18.5 Å². The number of hydrogen-bond donors (Lipinski definition) is 0. The molecule has 0 saturated heterocycles. The van der Waals surface area contributed by atoms with Crippen LogP contribution in [-0.2, 0) is 16.6 Å². The molecule has 0 saturated carbocycles. The molecule has 0 N–H and O–H groups in total. The lowest BCUT2D eigenvalue weighted by atomic mass is 10.2. The van der Waals surface area contributed by atoms with Gasteiger partial charge in [-0.3, -0.25) is 4.98 Å². The van der Waals surface area contributed by atoms with E-state index in [1.165, 1.54) is 10.6 Å². The molecule has 84 valence electrons.